The van der Waals surface area contributed by atoms with Gasteiger partial charge in [-0.05, 0) is 0 Å². The van der Waals surface area contributed by atoms with Gasteiger partial charge in [0.25, 0.3) is 0 Å². The fourth-order valence-electron chi connectivity index (χ4n) is 0.929. The minimum absolute atomic E-state index is 0.0370. The van der Waals surface area contributed by atoms with Crippen molar-refractivity contribution in [2.24, 2.45) is 14.1 Å². The average molecular weight is 226 g/mol. The second-order valence-corrected chi connectivity index (χ2v) is 3.14. The van der Waals surface area contributed by atoms with Gasteiger partial charge in [-0.15, -0.1) is 0 Å². The van der Waals surface area contributed by atoms with Crippen LogP contribution in [0.15, 0.2) is 12.4 Å². The normalized spacial score (nSPS) is 9.62. The predicted molar refractivity (Wildman–Crippen MR) is 58.6 cm³/mol. The first-order valence-corrected chi connectivity index (χ1v) is 4.35. The number of aromatic nitrogens is 4. The van der Waals surface area contributed by atoms with Crippen molar-refractivity contribution in [2.75, 3.05) is 11.5 Å². The molecule has 0 spiro atoms. The molecule has 2 aromatic heterocycles. The van der Waals surface area contributed by atoms with Crippen molar-refractivity contribution in [1.82, 2.24) is 19.1 Å². The van der Waals surface area contributed by atoms with E-state index in [1.807, 2.05) is 0 Å². The molecule has 0 saturated heterocycles. The monoisotopic (exact) mass is 226 g/mol. The topological polar surface area (TPSA) is 128 Å². The summed E-state index contributed by atoms with van der Waals surface area (Å²) in [6.07, 6.45) is 2.88. The van der Waals surface area contributed by atoms with E-state index in [0.29, 0.717) is 11.9 Å². The Morgan fingerprint density at radius 2 is 1.25 bits per heavy atom. The van der Waals surface area contributed by atoms with Gasteiger partial charge in [0.15, 0.2) is 0 Å². The van der Waals surface area contributed by atoms with E-state index in [2.05, 4.69) is 9.97 Å². The van der Waals surface area contributed by atoms with Crippen LogP contribution in [0.25, 0.3) is 0 Å². The highest BCUT2D eigenvalue weighted by atomic mass is 16.3. The fraction of sp³-hybridized carbons (Fsp3) is 0.250. The first-order valence-electron chi connectivity index (χ1n) is 4.35. The third-order valence-electron chi connectivity index (χ3n) is 1.80. The van der Waals surface area contributed by atoms with Gasteiger partial charge in [-0.2, -0.15) is 9.97 Å². The summed E-state index contributed by atoms with van der Waals surface area (Å²) in [6.45, 7) is 0. The maximum absolute atomic E-state index is 8.62. The number of nitrogens with two attached hydrogens (primary N) is 2. The van der Waals surface area contributed by atoms with Crippen molar-refractivity contribution in [1.29, 1.82) is 0 Å². The molecule has 0 amide bonds. The minimum atomic E-state index is -0.0370. The van der Waals surface area contributed by atoms with E-state index < -0.39 is 0 Å². The van der Waals surface area contributed by atoms with Crippen LogP contribution in [0.1, 0.15) is 0 Å². The van der Waals surface area contributed by atoms with Crippen molar-refractivity contribution in [3.05, 3.63) is 12.4 Å². The zero-order valence-electron chi connectivity index (χ0n) is 8.99. The van der Waals surface area contributed by atoms with Crippen LogP contribution in [-0.2, 0) is 14.1 Å². The molecule has 0 bridgehead atoms. The molecule has 88 valence electrons. The average Bonchev–Trinajstić information content (AvgIpc) is 2.58. The van der Waals surface area contributed by atoms with E-state index in [-0.39, 0.29) is 11.8 Å². The molecule has 0 aliphatic heterocycles. The Morgan fingerprint density at radius 1 is 0.938 bits per heavy atom. The molecular weight excluding hydrogens is 212 g/mol. The molecule has 0 aromatic carbocycles. The second-order valence-electron chi connectivity index (χ2n) is 3.14. The Kier molecular flexibility index (Phi) is 3.24. The molecule has 2 aromatic rings. The van der Waals surface area contributed by atoms with E-state index in [4.69, 9.17) is 21.7 Å². The van der Waals surface area contributed by atoms with E-state index in [1.165, 1.54) is 21.5 Å². The zero-order chi connectivity index (χ0) is 12.3. The van der Waals surface area contributed by atoms with Crippen LogP contribution in [0, 0.1) is 0 Å². The lowest BCUT2D eigenvalue weighted by molar-refractivity contribution is 0.455. The Bertz CT molecular complexity index is 392. The molecular formula is C8H14N6O2. The van der Waals surface area contributed by atoms with Gasteiger partial charge < -0.3 is 30.8 Å². The number of aromatic hydroxyl groups is 2. The van der Waals surface area contributed by atoms with E-state index in [0.717, 1.165) is 0 Å². The highest BCUT2D eigenvalue weighted by molar-refractivity contribution is 5.23. The van der Waals surface area contributed by atoms with Crippen LogP contribution in [0.5, 0.6) is 11.8 Å². The largest absolute Gasteiger partial charge is 0.492 e. The van der Waals surface area contributed by atoms with Crippen LogP contribution < -0.4 is 11.5 Å². The number of anilines is 2. The molecule has 6 N–H and O–H groups in total. The summed E-state index contributed by atoms with van der Waals surface area (Å²) in [4.78, 5) is 7.01. The molecule has 0 atom stereocenters. The fourth-order valence-corrected chi connectivity index (χ4v) is 0.929. The molecule has 0 saturated carbocycles. The molecule has 0 aliphatic carbocycles. The molecule has 2 rings (SSSR count). The summed E-state index contributed by atoms with van der Waals surface area (Å²) >= 11 is 0. The van der Waals surface area contributed by atoms with Crippen LogP contribution in [-0.4, -0.2) is 29.3 Å². The van der Waals surface area contributed by atoms with Crippen LogP contribution in [0.4, 0.5) is 11.9 Å². The Hall–Kier alpha value is -2.38. The Labute approximate surface area is 91.8 Å². The SMILES string of the molecule is Cn1cc(O)nc1N.Cn1cc(O)nc1N. The lowest BCUT2D eigenvalue weighted by Gasteiger charge is -1.86. The zero-order valence-corrected chi connectivity index (χ0v) is 8.99. The van der Waals surface area contributed by atoms with Gasteiger partial charge >= 0.3 is 0 Å². The Balaban J connectivity index is 0.000000160. The van der Waals surface area contributed by atoms with Crippen molar-refractivity contribution in [3.8, 4) is 11.8 Å². The van der Waals surface area contributed by atoms with E-state index in [1.54, 1.807) is 14.1 Å². The lowest BCUT2D eigenvalue weighted by atomic mass is 10.8. The number of nitrogens with zero attached hydrogens (tertiary/aromatic N) is 4. The van der Waals surface area contributed by atoms with Crippen molar-refractivity contribution < 1.29 is 10.2 Å². The predicted octanol–water partition coefficient (Wildman–Crippen LogP) is -0.584. The molecule has 2 heterocycles. The summed E-state index contributed by atoms with van der Waals surface area (Å²) in [7, 11) is 3.42. The number of imidazole rings is 2. The first-order chi connectivity index (χ1) is 7.40. The number of aryl methyl sites for hydroxylation is 2. The number of hydrogen-bond donors (Lipinski definition) is 4. The lowest BCUT2D eigenvalue weighted by Crippen LogP contribution is -1.94. The highest BCUT2D eigenvalue weighted by Gasteiger charge is 1.95. The van der Waals surface area contributed by atoms with E-state index >= 15 is 0 Å². The molecule has 0 unspecified atom stereocenters. The summed E-state index contributed by atoms with van der Waals surface area (Å²) < 4.78 is 3.07. The second kappa shape index (κ2) is 4.43. The number of nitrogen functional groups attached to an aromatic ring is 2. The van der Waals surface area contributed by atoms with Gasteiger partial charge in [0.05, 0.1) is 12.4 Å². The highest BCUT2D eigenvalue weighted by Crippen LogP contribution is 2.07. The summed E-state index contributed by atoms with van der Waals surface area (Å²) in [5, 5.41) is 17.2. The maximum Gasteiger partial charge on any atom is 0.230 e. The quantitative estimate of drug-likeness (QED) is 0.475. The summed E-state index contributed by atoms with van der Waals surface area (Å²) in [5.74, 6) is 0.569. The summed E-state index contributed by atoms with van der Waals surface area (Å²) in [5.41, 5.74) is 10.5. The standard InChI is InChI=1S/2C4H7N3O/c2*1-7-2-3(8)6-4(7)5/h2*2,8H,1H3,(H2,5,6). The van der Waals surface area contributed by atoms with Crippen LogP contribution in [0.2, 0.25) is 0 Å². The number of hydrogen-bond acceptors (Lipinski definition) is 6. The minimum Gasteiger partial charge on any atom is -0.492 e. The van der Waals surface area contributed by atoms with Gasteiger partial charge in [-0.1, -0.05) is 0 Å². The van der Waals surface area contributed by atoms with Crippen molar-refractivity contribution >= 4 is 11.9 Å². The summed E-state index contributed by atoms with van der Waals surface area (Å²) in [6, 6.07) is 0. The maximum atomic E-state index is 8.62. The van der Waals surface area contributed by atoms with Crippen molar-refractivity contribution in [2.45, 2.75) is 0 Å². The molecule has 8 nitrogen and oxygen atoms in total. The third-order valence-corrected chi connectivity index (χ3v) is 1.80. The number of rotatable bonds is 0. The smallest absolute Gasteiger partial charge is 0.230 e. The Morgan fingerprint density at radius 3 is 1.31 bits per heavy atom. The first kappa shape index (κ1) is 11.7. The van der Waals surface area contributed by atoms with Gasteiger partial charge in [0.2, 0.25) is 23.7 Å². The van der Waals surface area contributed by atoms with Crippen LogP contribution in [0.3, 0.4) is 0 Å². The molecule has 16 heavy (non-hydrogen) atoms. The van der Waals surface area contributed by atoms with Gasteiger partial charge in [-0.25, -0.2) is 0 Å². The molecule has 8 heteroatoms. The molecule has 0 radical (unpaired) electrons. The van der Waals surface area contributed by atoms with Gasteiger partial charge in [-0.3, -0.25) is 0 Å². The van der Waals surface area contributed by atoms with Gasteiger partial charge in [0.1, 0.15) is 0 Å². The molecule has 0 fully saturated rings. The molecule has 0 aliphatic rings. The van der Waals surface area contributed by atoms with E-state index in [9.17, 15) is 0 Å². The van der Waals surface area contributed by atoms with Crippen LogP contribution >= 0.6 is 0 Å². The van der Waals surface area contributed by atoms with Crippen molar-refractivity contribution in [3.63, 3.8) is 0 Å². The third kappa shape index (κ3) is 2.80. The van der Waals surface area contributed by atoms with Gasteiger partial charge in [0, 0.05) is 14.1 Å².